The number of anilines is 1. The molecular formula is C25H23F2N3O6. The van der Waals surface area contributed by atoms with Gasteiger partial charge in [-0.25, -0.2) is 4.98 Å². The smallest absolute Gasteiger partial charge is 0.395 e. The molecule has 11 heteroatoms. The maximum Gasteiger partial charge on any atom is 0.586 e. The first-order valence-corrected chi connectivity index (χ1v) is 11.3. The molecule has 0 bridgehead atoms. The van der Waals surface area contributed by atoms with Gasteiger partial charge in [-0.15, -0.1) is 8.78 Å². The first-order valence-electron chi connectivity index (χ1n) is 11.3. The standard InChI is InChI=1S/C25H23F2N3O6/c1-14-2-6-20(28-22(14)15-3-7-21(33)30(11-15)12-17(32)13-31)29-23(34)24(8-9-24)16-4-5-18-19(10-16)36-25(26,27)35-18/h2-7,10-11,17,31-32H,8-9,12-13H2,1H3,(H,28,29,34)/t17-/m1/s1. The molecule has 0 spiro atoms. The molecular weight excluding hydrogens is 476 g/mol. The largest absolute Gasteiger partial charge is 0.586 e. The van der Waals surface area contributed by atoms with E-state index in [-0.39, 0.29) is 35.3 Å². The van der Waals surface area contributed by atoms with Gasteiger partial charge in [0.25, 0.3) is 5.56 Å². The lowest BCUT2D eigenvalue weighted by Crippen LogP contribution is -2.28. The zero-order chi connectivity index (χ0) is 25.7. The number of hydrogen-bond donors (Lipinski definition) is 3. The predicted molar refractivity (Wildman–Crippen MR) is 124 cm³/mol. The van der Waals surface area contributed by atoms with E-state index in [4.69, 9.17) is 5.11 Å². The second-order valence-electron chi connectivity index (χ2n) is 8.97. The Morgan fingerprint density at radius 2 is 1.92 bits per heavy atom. The summed E-state index contributed by atoms with van der Waals surface area (Å²) in [7, 11) is 0. The van der Waals surface area contributed by atoms with Crippen LogP contribution in [0.5, 0.6) is 11.5 Å². The first-order chi connectivity index (χ1) is 17.1. The highest BCUT2D eigenvalue weighted by Crippen LogP contribution is 2.52. The second kappa shape index (κ2) is 8.68. The number of benzene rings is 1. The molecule has 2 aromatic heterocycles. The van der Waals surface area contributed by atoms with Crippen molar-refractivity contribution < 1.29 is 33.3 Å². The van der Waals surface area contributed by atoms with Crippen molar-refractivity contribution in [1.82, 2.24) is 9.55 Å². The number of hydrogen-bond acceptors (Lipinski definition) is 7. The zero-order valence-corrected chi connectivity index (χ0v) is 19.2. The number of aryl methyl sites for hydroxylation is 1. The predicted octanol–water partition coefficient (Wildman–Crippen LogP) is 2.56. The van der Waals surface area contributed by atoms with Crippen molar-refractivity contribution in [3.05, 3.63) is 70.1 Å². The first kappa shape index (κ1) is 23.9. The highest BCUT2D eigenvalue weighted by Gasteiger charge is 2.53. The Balaban J connectivity index is 1.39. The van der Waals surface area contributed by atoms with Crippen molar-refractivity contribution >= 4 is 11.7 Å². The van der Waals surface area contributed by atoms with Gasteiger partial charge in [-0.1, -0.05) is 12.1 Å². The third-order valence-corrected chi connectivity index (χ3v) is 6.35. The Labute approximate surface area is 203 Å². The van der Waals surface area contributed by atoms with Crippen LogP contribution in [-0.2, 0) is 16.8 Å². The highest BCUT2D eigenvalue weighted by atomic mass is 19.3. The maximum absolute atomic E-state index is 13.4. The number of aromatic nitrogens is 2. The van der Waals surface area contributed by atoms with E-state index in [1.54, 1.807) is 24.3 Å². The average Bonchev–Trinajstić information content (AvgIpc) is 3.58. The number of alkyl halides is 2. The number of pyridine rings is 2. The second-order valence-corrected chi connectivity index (χ2v) is 8.97. The molecule has 36 heavy (non-hydrogen) atoms. The van der Waals surface area contributed by atoms with Gasteiger partial charge in [0.1, 0.15) is 5.82 Å². The van der Waals surface area contributed by atoms with Crippen LogP contribution in [0.3, 0.4) is 0 Å². The van der Waals surface area contributed by atoms with Crippen molar-refractivity contribution in [2.45, 2.75) is 44.1 Å². The van der Waals surface area contributed by atoms with Crippen LogP contribution in [0.2, 0.25) is 0 Å². The number of rotatable bonds is 7. The number of ether oxygens (including phenoxy) is 2. The van der Waals surface area contributed by atoms with E-state index >= 15 is 0 Å². The van der Waals surface area contributed by atoms with E-state index in [2.05, 4.69) is 19.8 Å². The van der Waals surface area contributed by atoms with Crippen molar-refractivity contribution in [1.29, 1.82) is 0 Å². The molecule has 1 aromatic carbocycles. The summed E-state index contributed by atoms with van der Waals surface area (Å²) < 4.78 is 37.0. The van der Waals surface area contributed by atoms with Gasteiger partial charge in [0, 0.05) is 17.8 Å². The third-order valence-electron chi connectivity index (χ3n) is 6.35. The normalized spacial score (nSPS) is 17.5. The van der Waals surface area contributed by atoms with Gasteiger partial charge in [0.15, 0.2) is 11.5 Å². The lowest BCUT2D eigenvalue weighted by molar-refractivity contribution is -0.286. The monoisotopic (exact) mass is 499 g/mol. The Hall–Kier alpha value is -3.83. The van der Waals surface area contributed by atoms with Gasteiger partial charge in [-0.2, -0.15) is 0 Å². The summed E-state index contributed by atoms with van der Waals surface area (Å²) in [5, 5.41) is 21.6. The van der Waals surface area contributed by atoms with E-state index in [0.717, 1.165) is 5.56 Å². The maximum atomic E-state index is 13.4. The molecule has 0 radical (unpaired) electrons. The molecule has 1 aliphatic carbocycles. The van der Waals surface area contributed by atoms with Crippen LogP contribution in [0.25, 0.3) is 11.3 Å². The minimum atomic E-state index is -3.74. The fraction of sp³-hybridized carbons (Fsp3) is 0.320. The number of aliphatic hydroxyl groups is 2. The summed E-state index contributed by atoms with van der Waals surface area (Å²) in [6.07, 6.45) is -2.22. The summed E-state index contributed by atoms with van der Waals surface area (Å²) in [6, 6.07) is 10.7. The molecule has 3 aromatic rings. The molecule has 0 saturated heterocycles. The fourth-order valence-electron chi connectivity index (χ4n) is 4.24. The molecule has 1 saturated carbocycles. The molecule has 9 nitrogen and oxygen atoms in total. The van der Waals surface area contributed by atoms with Crippen LogP contribution < -0.4 is 20.3 Å². The number of fused-ring (bicyclic) bond motifs is 1. The lowest BCUT2D eigenvalue weighted by Gasteiger charge is -2.17. The number of amides is 1. The number of nitrogens with one attached hydrogen (secondary N) is 1. The van der Waals surface area contributed by atoms with Crippen molar-refractivity contribution in [3.63, 3.8) is 0 Å². The number of halogens is 2. The summed E-state index contributed by atoms with van der Waals surface area (Å²) in [5.74, 6) is -0.245. The minimum Gasteiger partial charge on any atom is -0.395 e. The quantitative estimate of drug-likeness (QED) is 0.457. The molecule has 1 fully saturated rings. The summed E-state index contributed by atoms with van der Waals surface area (Å²) in [6.45, 7) is 1.27. The molecule has 2 aliphatic rings. The molecule has 3 heterocycles. The number of carbonyl (C=O) groups is 1. The van der Waals surface area contributed by atoms with Gasteiger partial charge < -0.3 is 29.6 Å². The molecule has 5 rings (SSSR count). The molecule has 0 unspecified atom stereocenters. The van der Waals surface area contributed by atoms with Gasteiger partial charge in [-0.3, -0.25) is 9.59 Å². The highest BCUT2D eigenvalue weighted by molar-refractivity contribution is 6.01. The van der Waals surface area contributed by atoms with Crippen LogP contribution in [0.15, 0.2) is 53.5 Å². The topological polar surface area (TPSA) is 123 Å². The molecule has 3 N–H and O–H groups in total. The van der Waals surface area contributed by atoms with Gasteiger partial charge >= 0.3 is 6.29 Å². The van der Waals surface area contributed by atoms with Crippen LogP contribution in [0, 0.1) is 6.92 Å². The van der Waals surface area contributed by atoms with Crippen molar-refractivity contribution in [3.8, 4) is 22.8 Å². The third kappa shape index (κ3) is 4.42. The van der Waals surface area contributed by atoms with Crippen molar-refractivity contribution in [2.75, 3.05) is 11.9 Å². The minimum absolute atomic E-state index is 0.0807. The van der Waals surface area contributed by atoms with E-state index in [9.17, 15) is 23.5 Å². The number of carbonyl (C=O) groups excluding carboxylic acids is 1. The zero-order valence-electron chi connectivity index (χ0n) is 19.2. The van der Waals surface area contributed by atoms with Gasteiger partial charge in [-0.05, 0) is 55.2 Å². The Morgan fingerprint density at radius 1 is 1.17 bits per heavy atom. The van der Waals surface area contributed by atoms with Crippen LogP contribution in [0.1, 0.15) is 24.0 Å². The summed E-state index contributed by atoms with van der Waals surface area (Å²) in [5.41, 5.74) is 1.21. The van der Waals surface area contributed by atoms with Gasteiger partial charge in [0.05, 0.1) is 30.4 Å². The average molecular weight is 499 g/mol. The van der Waals surface area contributed by atoms with E-state index in [1.807, 2.05) is 6.92 Å². The van der Waals surface area contributed by atoms with Crippen molar-refractivity contribution in [2.24, 2.45) is 0 Å². The van der Waals surface area contributed by atoms with Gasteiger partial charge in [0.2, 0.25) is 5.91 Å². The molecule has 1 aliphatic heterocycles. The summed E-state index contributed by atoms with van der Waals surface area (Å²) >= 11 is 0. The SMILES string of the molecule is Cc1ccc(NC(=O)C2(c3ccc4c(c3)OC(F)(F)O4)CC2)nc1-c1ccc(=O)n(C[C@@H](O)CO)c1. The summed E-state index contributed by atoms with van der Waals surface area (Å²) in [4.78, 5) is 29.9. The Bertz CT molecular complexity index is 1400. The van der Waals surface area contributed by atoms with Crippen LogP contribution in [-0.4, -0.2) is 44.7 Å². The van der Waals surface area contributed by atoms with Crippen LogP contribution >= 0.6 is 0 Å². The fourth-order valence-corrected chi connectivity index (χ4v) is 4.24. The molecule has 1 amide bonds. The number of nitrogens with zero attached hydrogens (tertiary/aromatic N) is 2. The van der Waals surface area contributed by atoms with Crippen LogP contribution in [0.4, 0.5) is 14.6 Å². The lowest BCUT2D eigenvalue weighted by atomic mass is 9.94. The molecule has 1 atom stereocenters. The Morgan fingerprint density at radius 3 is 2.64 bits per heavy atom. The van der Waals surface area contributed by atoms with E-state index in [1.165, 1.54) is 29.0 Å². The van der Waals surface area contributed by atoms with E-state index < -0.39 is 24.4 Å². The Kier molecular flexibility index (Phi) is 5.76. The number of aliphatic hydroxyl groups excluding tert-OH is 2. The molecule has 188 valence electrons. The van der Waals surface area contributed by atoms with E-state index in [0.29, 0.717) is 29.7 Å².